The van der Waals surface area contributed by atoms with E-state index in [0.29, 0.717) is 38.5 Å². The molecule has 1 heterocycles. The predicted octanol–water partition coefficient (Wildman–Crippen LogP) is -2.35. The first-order chi connectivity index (χ1) is 31.8. The highest BCUT2D eigenvalue weighted by Gasteiger charge is 2.41. The minimum atomic E-state index is -1.61. The van der Waals surface area contributed by atoms with Crippen molar-refractivity contribution in [2.24, 2.45) is 72.7 Å². The third-order valence-corrected chi connectivity index (χ3v) is 11.2. The summed E-state index contributed by atoms with van der Waals surface area (Å²) < 4.78 is 0. The van der Waals surface area contributed by atoms with E-state index >= 15 is 0 Å². The van der Waals surface area contributed by atoms with E-state index in [9.17, 15) is 33.6 Å². The average Bonchev–Trinajstić information content (AvgIpc) is 3.23. The second kappa shape index (κ2) is 30.2. The fourth-order valence-electron chi connectivity index (χ4n) is 7.40. The summed E-state index contributed by atoms with van der Waals surface area (Å²) in [7, 11) is 0. The Balaban J connectivity index is 3.88. The van der Waals surface area contributed by atoms with E-state index in [0.717, 1.165) is 0 Å². The topological polar surface area (TPSA) is 437 Å². The summed E-state index contributed by atoms with van der Waals surface area (Å²) in [6, 6.07) is -5.80. The normalized spacial score (nSPS) is 23.8. The molecule has 0 radical (unpaired) electrons. The molecule has 0 aromatic carbocycles. The molecule has 68 heavy (non-hydrogen) atoms. The van der Waals surface area contributed by atoms with Crippen molar-refractivity contribution in [3.05, 3.63) is 12.2 Å². The number of nitrogens with zero attached hydrogens (tertiary/aromatic N) is 3. The molecule has 0 bridgehead atoms. The molecule has 1 aliphatic heterocycles. The third kappa shape index (κ3) is 23.5. The maximum atomic E-state index is 14.4. The van der Waals surface area contributed by atoms with Crippen molar-refractivity contribution in [3.63, 3.8) is 0 Å². The largest absolute Gasteiger partial charge is 0.370 e. The van der Waals surface area contributed by atoms with Gasteiger partial charge in [0, 0.05) is 19.6 Å². The number of hydrogen-bond donors (Lipinski definition) is 14. The zero-order chi connectivity index (χ0) is 51.6. The summed E-state index contributed by atoms with van der Waals surface area (Å²) >= 11 is 0. The standard InChI is InChI=1S/C44H83N17O7/c1-26(2)24-28(45)34(63)60-43(5)19-11-9-7-8-10-12-20-44(6,38(67)58-29(33(46)62)16-13-21-53-40(47)48)61-37(66)32(25-27(3)4)57-35(64)30(17-14-22-54-41(49)50)56-36(65)31(59-39(43)68)18-15-23-55-42(51)52/h7-8,26-32H,9-25,45H2,1-6H3,(H2,46,62)(H,56,65)(H,57,64)(H,58,67)(H,59,68)(H,60,63)(H,61,66)(H4,47,48,53)(H4,49,50,54)(H4,51,52,55)/b8-7-/t28-,29-,30-,31-,32-,43-,44-/m0/s1. The van der Waals surface area contributed by atoms with Crippen molar-refractivity contribution in [2.45, 2.75) is 173 Å². The predicted molar refractivity (Wildman–Crippen MR) is 263 cm³/mol. The first-order valence-electron chi connectivity index (χ1n) is 23.5. The molecule has 0 aliphatic carbocycles. The first-order valence-corrected chi connectivity index (χ1v) is 23.5. The lowest BCUT2D eigenvalue weighted by Gasteiger charge is -2.34. The van der Waals surface area contributed by atoms with Crippen LogP contribution in [0.25, 0.3) is 0 Å². The van der Waals surface area contributed by atoms with Gasteiger partial charge in [0.25, 0.3) is 0 Å². The van der Waals surface area contributed by atoms with Gasteiger partial charge in [0.15, 0.2) is 17.9 Å². The Morgan fingerprint density at radius 1 is 0.691 bits per heavy atom. The lowest BCUT2D eigenvalue weighted by Crippen LogP contribution is -2.64. The number of carbonyl (C=O) groups excluding carboxylic acids is 7. The Hall–Kier alpha value is -6.20. The van der Waals surface area contributed by atoms with Crippen LogP contribution in [0.2, 0.25) is 0 Å². The molecule has 0 aromatic rings. The summed E-state index contributed by atoms with van der Waals surface area (Å²) in [5.41, 5.74) is 41.8. The number of rotatable bonds is 21. The van der Waals surface area contributed by atoms with Gasteiger partial charge < -0.3 is 77.8 Å². The number of aliphatic imine (C=N–C) groups is 3. The minimum Gasteiger partial charge on any atom is -0.370 e. The van der Waals surface area contributed by atoms with Crippen LogP contribution >= 0.6 is 0 Å². The number of allylic oxidation sites excluding steroid dienone is 2. The molecule has 1 aliphatic rings. The molecule has 386 valence electrons. The molecule has 0 spiro atoms. The van der Waals surface area contributed by atoms with Gasteiger partial charge in [-0.25, -0.2) is 0 Å². The number of nitrogens with two attached hydrogens (primary N) is 8. The number of hydrogen-bond acceptors (Lipinski definition) is 11. The summed E-state index contributed by atoms with van der Waals surface area (Å²) in [4.78, 5) is 109. The van der Waals surface area contributed by atoms with Gasteiger partial charge in [0.1, 0.15) is 35.2 Å². The zero-order valence-corrected chi connectivity index (χ0v) is 41.0. The van der Waals surface area contributed by atoms with Crippen LogP contribution in [-0.2, 0) is 33.6 Å². The van der Waals surface area contributed by atoms with Crippen LogP contribution in [0, 0.1) is 11.8 Å². The van der Waals surface area contributed by atoms with Crippen molar-refractivity contribution >= 4 is 59.2 Å². The minimum absolute atomic E-state index is 0.00857. The lowest BCUT2D eigenvalue weighted by atomic mass is 9.91. The highest BCUT2D eigenvalue weighted by Crippen LogP contribution is 2.20. The van der Waals surface area contributed by atoms with Crippen LogP contribution in [0.1, 0.15) is 131 Å². The van der Waals surface area contributed by atoms with E-state index in [4.69, 9.17) is 45.9 Å². The maximum Gasteiger partial charge on any atom is 0.246 e. The summed E-state index contributed by atoms with van der Waals surface area (Å²) in [5.74, 6) is -5.42. The van der Waals surface area contributed by atoms with Gasteiger partial charge in [-0.15, -0.1) is 0 Å². The molecule has 0 fully saturated rings. The number of amides is 7. The molecular formula is C44H83N17O7. The number of carbonyl (C=O) groups is 7. The highest BCUT2D eigenvalue weighted by molar-refractivity contribution is 5.99. The van der Waals surface area contributed by atoms with Crippen molar-refractivity contribution in [1.29, 1.82) is 0 Å². The maximum absolute atomic E-state index is 14.4. The van der Waals surface area contributed by atoms with Crippen LogP contribution < -0.4 is 77.8 Å². The van der Waals surface area contributed by atoms with Crippen molar-refractivity contribution in [2.75, 3.05) is 19.6 Å². The van der Waals surface area contributed by atoms with E-state index < -0.39 is 82.6 Å². The van der Waals surface area contributed by atoms with Gasteiger partial charge in [-0.2, -0.15) is 0 Å². The van der Waals surface area contributed by atoms with E-state index in [1.807, 2.05) is 39.8 Å². The van der Waals surface area contributed by atoms with Crippen LogP contribution in [0.4, 0.5) is 0 Å². The SMILES string of the molecule is CC(C)C[C@@H]1NC(=O)[C@H](CCCN=C(N)N)NC(=O)[C@H](CCCN=C(N)N)NC(=O)[C@@](C)(NC(=O)[C@@H](N)CC(C)C)CCC/C=C\CCC[C@@](C)(C(=O)N[C@@H](CCCN=C(N)N)C(N)=O)NC1=O. The Labute approximate surface area is 401 Å². The molecule has 7 amide bonds. The Morgan fingerprint density at radius 3 is 1.66 bits per heavy atom. The lowest BCUT2D eigenvalue weighted by molar-refractivity contribution is -0.138. The van der Waals surface area contributed by atoms with Crippen LogP contribution in [0.15, 0.2) is 27.1 Å². The van der Waals surface area contributed by atoms with E-state index in [2.05, 4.69) is 46.9 Å². The molecule has 7 atom stereocenters. The molecule has 22 N–H and O–H groups in total. The molecule has 0 saturated heterocycles. The zero-order valence-electron chi connectivity index (χ0n) is 41.0. The summed E-state index contributed by atoms with van der Waals surface area (Å²) in [5, 5.41) is 16.7. The molecule has 0 unspecified atom stereocenters. The molecule has 24 heteroatoms. The van der Waals surface area contributed by atoms with Gasteiger partial charge in [0.05, 0.1) is 6.04 Å². The number of primary amides is 1. The second-order valence-electron chi connectivity index (χ2n) is 18.7. The quantitative estimate of drug-likeness (QED) is 0.0248. The smallest absolute Gasteiger partial charge is 0.246 e. The van der Waals surface area contributed by atoms with Crippen molar-refractivity contribution in [1.82, 2.24) is 31.9 Å². The molecule has 0 saturated carbocycles. The monoisotopic (exact) mass is 962 g/mol. The number of nitrogens with one attached hydrogen (secondary N) is 6. The fraction of sp³-hybridized carbons (Fsp3) is 0.727. The average molecular weight is 962 g/mol. The van der Waals surface area contributed by atoms with Gasteiger partial charge in [-0.05, 0) is 116 Å². The van der Waals surface area contributed by atoms with Crippen LogP contribution in [-0.4, -0.2) is 120 Å². The van der Waals surface area contributed by atoms with E-state index in [1.165, 1.54) is 6.92 Å². The van der Waals surface area contributed by atoms with Crippen molar-refractivity contribution < 1.29 is 33.6 Å². The molecular weight excluding hydrogens is 879 g/mol. The van der Waals surface area contributed by atoms with Gasteiger partial charge >= 0.3 is 0 Å². The Bertz CT molecular complexity index is 1790. The van der Waals surface area contributed by atoms with Crippen LogP contribution in [0.5, 0.6) is 0 Å². The van der Waals surface area contributed by atoms with Gasteiger partial charge in [0.2, 0.25) is 41.4 Å². The highest BCUT2D eigenvalue weighted by atomic mass is 16.2. The fourth-order valence-corrected chi connectivity index (χ4v) is 7.40. The summed E-state index contributed by atoms with van der Waals surface area (Å²) in [6.45, 7) is 11.0. The van der Waals surface area contributed by atoms with Gasteiger partial charge in [-0.3, -0.25) is 48.5 Å². The van der Waals surface area contributed by atoms with E-state index in [-0.39, 0.29) is 101 Å². The van der Waals surface area contributed by atoms with Crippen molar-refractivity contribution in [3.8, 4) is 0 Å². The van der Waals surface area contributed by atoms with Gasteiger partial charge in [-0.1, -0.05) is 39.8 Å². The van der Waals surface area contributed by atoms with E-state index in [1.54, 1.807) is 6.92 Å². The molecule has 1 rings (SSSR count). The second-order valence-corrected chi connectivity index (χ2v) is 18.7. The Morgan fingerprint density at radius 2 is 1.18 bits per heavy atom. The molecule has 0 aromatic heterocycles. The van der Waals surface area contributed by atoms with Crippen LogP contribution in [0.3, 0.4) is 0 Å². The number of guanidine groups is 3. The summed E-state index contributed by atoms with van der Waals surface area (Å²) in [6.07, 6.45) is 7.18. The first kappa shape index (κ1) is 59.8. The Kier molecular flexibility index (Phi) is 26.6. The molecule has 24 nitrogen and oxygen atoms in total. The third-order valence-electron chi connectivity index (χ3n) is 11.2.